The fourth-order valence-corrected chi connectivity index (χ4v) is 3.27. The first-order chi connectivity index (χ1) is 13.1. The maximum atomic E-state index is 12.8. The summed E-state index contributed by atoms with van der Waals surface area (Å²) in [6.07, 6.45) is 1.05. The molecule has 140 valence electrons. The van der Waals surface area contributed by atoms with E-state index in [0.717, 1.165) is 22.6 Å². The average Bonchev–Trinajstić information content (AvgIpc) is 3.39. The highest BCUT2D eigenvalue weighted by Crippen LogP contribution is 2.31. The van der Waals surface area contributed by atoms with Crippen LogP contribution in [0.4, 0.5) is 0 Å². The molecule has 0 atom stereocenters. The first-order valence-corrected chi connectivity index (χ1v) is 8.87. The van der Waals surface area contributed by atoms with Gasteiger partial charge >= 0.3 is 0 Å². The smallest absolute Gasteiger partial charge is 0.278 e. The van der Waals surface area contributed by atoms with Crippen LogP contribution in [0, 0.1) is 0 Å². The first kappa shape index (κ1) is 17.3. The Morgan fingerprint density at radius 2 is 2.04 bits per heavy atom. The van der Waals surface area contributed by atoms with E-state index in [9.17, 15) is 4.79 Å². The van der Waals surface area contributed by atoms with Gasteiger partial charge in [-0.05, 0) is 17.7 Å². The van der Waals surface area contributed by atoms with Crippen molar-refractivity contribution in [2.75, 3.05) is 7.11 Å². The minimum atomic E-state index is 0.0714. The summed E-state index contributed by atoms with van der Waals surface area (Å²) in [7, 11) is 3.50. The SMILES string of the molecule is CCc1noc(-c2nn(C)c3c2CN(C(=O)Cc2ccc(OC)cc2)C3)n1. The van der Waals surface area contributed by atoms with Crippen molar-refractivity contribution in [3.05, 3.63) is 46.9 Å². The van der Waals surface area contributed by atoms with Gasteiger partial charge in [-0.2, -0.15) is 10.1 Å². The molecule has 3 heterocycles. The van der Waals surface area contributed by atoms with Gasteiger partial charge in [0, 0.05) is 19.0 Å². The second-order valence-electron chi connectivity index (χ2n) is 6.54. The molecule has 3 aromatic rings. The van der Waals surface area contributed by atoms with E-state index in [1.165, 1.54) is 0 Å². The fraction of sp³-hybridized carbons (Fsp3) is 0.368. The standard InChI is InChI=1S/C19H21N5O3/c1-4-16-20-19(27-22-16)18-14-10-24(11-15(14)23(2)21-18)17(25)9-12-5-7-13(26-3)8-6-12/h5-8H,4,9-11H2,1-3H3. The summed E-state index contributed by atoms with van der Waals surface area (Å²) < 4.78 is 12.3. The number of hydrogen-bond donors (Lipinski definition) is 0. The van der Waals surface area contributed by atoms with Crippen molar-refractivity contribution in [3.8, 4) is 17.3 Å². The summed E-state index contributed by atoms with van der Waals surface area (Å²) in [6, 6.07) is 7.56. The molecule has 1 amide bonds. The highest BCUT2D eigenvalue weighted by molar-refractivity contribution is 5.80. The third-order valence-electron chi connectivity index (χ3n) is 4.82. The van der Waals surface area contributed by atoms with Crippen LogP contribution < -0.4 is 4.74 Å². The summed E-state index contributed by atoms with van der Waals surface area (Å²) in [6.45, 7) is 3.00. The molecular formula is C19H21N5O3. The Labute approximate surface area is 156 Å². The third-order valence-corrected chi connectivity index (χ3v) is 4.82. The second-order valence-corrected chi connectivity index (χ2v) is 6.54. The normalized spacial score (nSPS) is 13.1. The van der Waals surface area contributed by atoms with Crippen molar-refractivity contribution in [1.82, 2.24) is 24.8 Å². The number of nitrogens with zero attached hydrogens (tertiary/aromatic N) is 5. The van der Waals surface area contributed by atoms with Gasteiger partial charge in [-0.1, -0.05) is 24.2 Å². The van der Waals surface area contributed by atoms with Crippen LogP contribution in [-0.4, -0.2) is 37.8 Å². The number of amides is 1. The van der Waals surface area contributed by atoms with E-state index >= 15 is 0 Å². The van der Waals surface area contributed by atoms with Gasteiger partial charge in [0.1, 0.15) is 5.75 Å². The molecule has 2 aromatic heterocycles. The van der Waals surface area contributed by atoms with Gasteiger partial charge in [0.15, 0.2) is 11.5 Å². The van der Waals surface area contributed by atoms with Crippen LogP contribution >= 0.6 is 0 Å². The number of aryl methyl sites for hydroxylation is 2. The van der Waals surface area contributed by atoms with Crippen LogP contribution in [0.1, 0.15) is 29.6 Å². The van der Waals surface area contributed by atoms with E-state index in [4.69, 9.17) is 9.26 Å². The number of carbonyl (C=O) groups is 1. The number of carbonyl (C=O) groups excluding carboxylic acids is 1. The van der Waals surface area contributed by atoms with Gasteiger partial charge in [0.2, 0.25) is 5.91 Å². The molecule has 0 aliphatic carbocycles. The lowest BCUT2D eigenvalue weighted by atomic mass is 10.1. The number of ether oxygens (including phenoxy) is 1. The molecule has 8 nitrogen and oxygen atoms in total. The summed E-state index contributed by atoms with van der Waals surface area (Å²) in [5, 5.41) is 8.46. The van der Waals surface area contributed by atoms with Crippen LogP contribution in [0.5, 0.6) is 5.75 Å². The van der Waals surface area contributed by atoms with Gasteiger partial charge in [-0.15, -0.1) is 0 Å². The predicted molar refractivity (Wildman–Crippen MR) is 96.8 cm³/mol. The number of hydrogen-bond acceptors (Lipinski definition) is 6. The molecule has 8 heteroatoms. The van der Waals surface area contributed by atoms with Crippen molar-refractivity contribution >= 4 is 5.91 Å². The minimum absolute atomic E-state index is 0.0714. The molecule has 1 aromatic carbocycles. The van der Waals surface area contributed by atoms with E-state index in [-0.39, 0.29) is 5.91 Å². The van der Waals surface area contributed by atoms with Gasteiger partial charge < -0.3 is 14.2 Å². The zero-order valence-corrected chi connectivity index (χ0v) is 15.6. The van der Waals surface area contributed by atoms with Crippen LogP contribution in [0.25, 0.3) is 11.6 Å². The molecule has 0 saturated carbocycles. The summed E-state index contributed by atoms with van der Waals surface area (Å²) in [4.78, 5) is 19.0. The molecule has 0 bridgehead atoms. The van der Waals surface area contributed by atoms with Gasteiger partial charge in [-0.25, -0.2) is 0 Å². The van der Waals surface area contributed by atoms with Crippen LogP contribution in [0.2, 0.25) is 0 Å². The quantitative estimate of drug-likeness (QED) is 0.687. The number of methoxy groups -OCH3 is 1. The maximum absolute atomic E-state index is 12.8. The second kappa shape index (κ2) is 6.86. The number of benzene rings is 1. The lowest BCUT2D eigenvalue weighted by Crippen LogP contribution is -2.27. The lowest BCUT2D eigenvalue weighted by molar-refractivity contribution is -0.131. The Morgan fingerprint density at radius 1 is 1.26 bits per heavy atom. The molecule has 0 N–H and O–H groups in total. The third kappa shape index (κ3) is 3.18. The van der Waals surface area contributed by atoms with Crippen molar-refractivity contribution in [1.29, 1.82) is 0 Å². The first-order valence-electron chi connectivity index (χ1n) is 8.87. The molecule has 1 aliphatic heterocycles. The van der Waals surface area contributed by atoms with Crippen LogP contribution in [-0.2, 0) is 37.8 Å². The Morgan fingerprint density at radius 3 is 2.70 bits per heavy atom. The van der Waals surface area contributed by atoms with Crippen molar-refractivity contribution < 1.29 is 14.1 Å². The molecule has 27 heavy (non-hydrogen) atoms. The maximum Gasteiger partial charge on any atom is 0.278 e. The Balaban J connectivity index is 1.51. The average molecular weight is 367 g/mol. The van der Waals surface area contributed by atoms with Crippen molar-refractivity contribution in [2.24, 2.45) is 7.05 Å². The zero-order valence-electron chi connectivity index (χ0n) is 15.6. The molecule has 1 aliphatic rings. The summed E-state index contributed by atoms with van der Waals surface area (Å²) in [5.41, 5.74) is 3.61. The molecule has 0 fully saturated rings. The van der Waals surface area contributed by atoms with Crippen LogP contribution in [0.3, 0.4) is 0 Å². The van der Waals surface area contributed by atoms with Gasteiger partial charge in [-0.3, -0.25) is 9.48 Å². The van der Waals surface area contributed by atoms with Gasteiger partial charge in [0.05, 0.1) is 32.3 Å². The fourth-order valence-electron chi connectivity index (χ4n) is 3.27. The highest BCUT2D eigenvalue weighted by atomic mass is 16.5. The molecule has 0 radical (unpaired) electrons. The predicted octanol–water partition coefficient (Wildman–Crippen LogP) is 2.13. The zero-order chi connectivity index (χ0) is 19.0. The van der Waals surface area contributed by atoms with Gasteiger partial charge in [0.25, 0.3) is 5.89 Å². The highest BCUT2D eigenvalue weighted by Gasteiger charge is 2.32. The molecule has 0 saturated heterocycles. The molecular weight excluding hydrogens is 346 g/mol. The monoisotopic (exact) mass is 367 g/mol. The Kier molecular flexibility index (Phi) is 4.39. The van der Waals surface area contributed by atoms with Crippen LogP contribution in [0.15, 0.2) is 28.8 Å². The number of fused-ring (bicyclic) bond motifs is 1. The molecule has 0 spiro atoms. The largest absolute Gasteiger partial charge is 0.497 e. The summed E-state index contributed by atoms with van der Waals surface area (Å²) in [5.74, 6) is 1.91. The van der Waals surface area contributed by atoms with E-state index in [1.807, 2.05) is 43.1 Å². The van der Waals surface area contributed by atoms with E-state index in [0.29, 0.717) is 43.3 Å². The summed E-state index contributed by atoms with van der Waals surface area (Å²) >= 11 is 0. The Bertz CT molecular complexity index is 974. The van der Waals surface area contributed by atoms with E-state index in [2.05, 4.69) is 15.2 Å². The number of rotatable bonds is 5. The Hall–Kier alpha value is -3.16. The lowest BCUT2D eigenvalue weighted by Gasteiger charge is -2.16. The van der Waals surface area contributed by atoms with E-state index < -0.39 is 0 Å². The topological polar surface area (TPSA) is 86.3 Å². The number of aromatic nitrogens is 4. The molecule has 0 unspecified atom stereocenters. The molecule has 4 rings (SSSR count). The van der Waals surface area contributed by atoms with Crippen molar-refractivity contribution in [2.45, 2.75) is 32.9 Å². The minimum Gasteiger partial charge on any atom is -0.497 e. The van der Waals surface area contributed by atoms with E-state index in [1.54, 1.807) is 11.8 Å². The van der Waals surface area contributed by atoms with Crippen molar-refractivity contribution in [3.63, 3.8) is 0 Å².